The molecule has 1 saturated carbocycles. The highest BCUT2D eigenvalue weighted by Gasteiger charge is 2.40. The fourth-order valence-electron chi connectivity index (χ4n) is 3.17. The van der Waals surface area contributed by atoms with Gasteiger partial charge in [-0.1, -0.05) is 49.2 Å². The second-order valence-electron chi connectivity index (χ2n) is 6.33. The van der Waals surface area contributed by atoms with Gasteiger partial charge in [-0.05, 0) is 49.2 Å². The number of para-hydroxylation sites is 1. The van der Waals surface area contributed by atoms with Gasteiger partial charge in [0.15, 0.2) is 0 Å². The summed E-state index contributed by atoms with van der Waals surface area (Å²) < 4.78 is 5.81. The molecular weight excluding hydrogens is 334 g/mol. The van der Waals surface area contributed by atoms with Crippen molar-refractivity contribution in [3.63, 3.8) is 0 Å². The normalized spacial score (nSPS) is 16.2. The van der Waals surface area contributed by atoms with Gasteiger partial charge in [0, 0.05) is 11.8 Å². The van der Waals surface area contributed by atoms with Gasteiger partial charge < -0.3 is 4.74 Å². The lowest BCUT2D eigenvalue weighted by Gasteiger charge is -2.41. The van der Waals surface area contributed by atoms with E-state index in [0.717, 1.165) is 53.6 Å². The van der Waals surface area contributed by atoms with E-state index in [4.69, 9.17) is 4.74 Å². The maximum atomic E-state index is 11.7. The van der Waals surface area contributed by atoms with Crippen molar-refractivity contribution in [2.45, 2.75) is 48.8 Å². The van der Waals surface area contributed by atoms with Crippen LogP contribution in [0, 0.1) is 0 Å². The van der Waals surface area contributed by atoms with E-state index >= 15 is 0 Å². The van der Waals surface area contributed by atoms with Gasteiger partial charge in [-0.2, -0.15) is 0 Å². The monoisotopic (exact) mass is 357 g/mol. The minimum absolute atomic E-state index is 0.307. The van der Waals surface area contributed by atoms with E-state index in [1.165, 1.54) is 6.92 Å². The van der Waals surface area contributed by atoms with Gasteiger partial charge in [0.2, 0.25) is 5.91 Å². The first-order valence-electron chi connectivity index (χ1n) is 8.61. The molecule has 1 N–H and O–H groups in total. The Hall–Kier alpha value is -1.98. The summed E-state index contributed by atoms with van der Waals surface area (Å²) in [5.41, 5.74) is 0. The maximum Gasteiger partial charge on any atom is 0.244 e. The molecular formula is C20H23NO3S. The van der Waals surface area contributed by atoms with E-state index in [2.05, 4.69) is 0 Å². The van der Waals surface area contributed by atoms with E-state index in [1.54, 1.807) is 11.8 Å². The highest BCUT2D eigenvalue weighted by Crippen LogP contribution is 2.46. The van der Waals surface area contributed by atoms with Crippen molar-refractivity contribution in [3.8, 4) is 11.5 Å². The number of carbonyl (C=O) groups is 1. The van der Waals surface area contributed by atoms with Crippen LogP contribution in [0.15, 0.2) is 59.5 Å². The second-order valence-corrected chi connectivity index (χ2v) is 7.76. The van der Waals surface area contributed by atoms with Gasteiger partial charge in [-0.15, -0.1) is 0 Å². The van der Waals surface area contributed by atoms with Crippen LogP contribution in [0.5, 0.6) is 11.5 Å². The molecule has 0 atom stereocenters. The van der Waals surface area contributed by atoms with Gasteiger partial charge in [0.1, 0.15) is 16.4 Å². The lowest BCUT2D eigenvalue weighted by atomic mass is 9.94. The Bertz CT molecular complexity index is 697. The number of rotatable bonds is 5. The smallest absolute Gasteiger partial charge is 0.244 e. The molecule has 3 rings (SSSR count). The molecule has 2 aromatic carbocycles. The molecule has 4 nitrogen and oxygen atoms in total. The number of benzene rings is 2. The predicted octanol–water partition coefficient (Wildman–Crippen LogP) is 5.47. The molecule has 0 spiro atoms. The highest BCUT2D eigenvalue weighted by atomic mass is 32.2. The third-order valence-electron chi connectivity index (χ3n) is 4.43. The first-order valence-corrected chi connectivity index (χ1v) is 9.42. The number of carbonyl (C=O) groups excluding carboxylic acids is 1. The van der Waals surface area contributed by atoms with Crippen LogP contribution in [0.25, 0.3) is 0 Å². The second kappa shape index (κ2) is 7.93. The minimum Gasteiger partial charge on any atom is -0.457 e. The van der Waals surface area contributed by atoms with Crippen molar-refractivity contribution in [1.29, 1.82) is 0 Å². The summed E-state index contributed by atoms with van der Waals surface area (Å²) >= 11 is 1.56. The molecule has 132 valence electrons. The van der Waals surface area contributed by atoms with Crippen LogP contribution < -0.4 is 4.74 Å². The number of nitrogens with zero attached hydrogens (tertiary/aromatic N) is 1. The molecule has 0 aromatic heterocycles. The first-order chi connectivity index (χ1) is 12.1. The summed E-state index contributed by atoms with van der Waals surface area (Å²) in [7, 11) is 0. The molecule has 1 aliphatic carbocycles. The average molecular weight is 357 g/mol. The van der Waals surface area contributed by atoms with Crippen LogP contribution in [-0.2, 0) is 4.79 Å². The van der Waals surface area contributed by atoms with Gasteiger partial charge in [-0.25, -0.2) is 5.06 Å². The fourth-order valence-corrected chi connectivity index (χ4v) is 4.59. The van der Waals surface area contributed by atoms with Gasteiger partial charge in [0.25, 0.3) is 0 Å². The van der Waals surface area contributed by atoms with E-state index in [-0.39, 0.29) is 5.91 Å². The maximum absolute atomic E-state index is 11.7. The Balaban J connectivity index is 1.73. The summed E-state index contributed by atoms with van der Waals surface area (Å²) in [6.07, 6.45) is 4.79. The molecule has 1 aliphatic rings. The van der Waals surface area contributed by atoms with Gasteiger partial charge in [0.05, 0.1) is 0 Å². The molecule has 1 fully saturated rings. The van der Waals surface area contributed by atoms with E-state index in [9.17, 15) is 10.0 Å². The molecule has 0 heterocycles. The molecule has 0 aliphatic heterocycles. The number of amides is 1. The Kier molecular flexibility index (Phi) is 5.66. The molecule has 0 unspecified atom stereocenters. The summed E-state index contributed by atoms with van der Waals surface area (Å²) in [4.78, 5) is 12.2. The lowest BCUT2D eigenvalue weighted by molar-refractivity contribution is -0.181. The number of hydrogen-bond donors (Lipinski definition) is 1. The third-order valence-corrected chi connectivity index (χ3v) is 5.90. The van der Waals surface area contributed by atoms with Crippen LogP contribution in [0.4, 0.5) is 0 Å². The lowest BCUT2D eigenvalue weighted by Crippen LogP contribution is -2.47. The van der Waals surface area contributed by atoms with Crippen LogP contribution in [-0.4, -0.2) is 21.0 Å². The topological polar surface area (TPSA) is 49.8 Å². The predicted molar refractivity (Wildman–Crippen MR) is 98.9 cm³/mol. The van der Waals surface area contributed by atoms with Crippen molar-refractivity contribution >= 4 is 17.7 Å². The Morgan fingerprint density at radius 3 is 2.20 bits per heavy atom. The van der Waals surface area contributed by atoms with Crippen molar-refractivity contribution in [2.75, 3.05) is 0 Å². The van der Waals surface area contributed by atoms with Crippen molar-refractivity contribution < 1.29 is 14.7 Å². The molecule has 5 heteroatoms. The average Bonchev–Trinajstić information content (AvgIpc) is 2.64. The Morgan fingerprint density at radius 1 is 1.00 bits per heavy atom. The van der Waals surface area contributed by atoms with Gasteiger partial charge >= 0.3 is 0 Å². The third kappa shape index (κ3) is 4.35. The zero-order valence-corrected chi connectivity index (χ0v) is 15.2. The summed E-state index contributed by atoms with van der Waals surface area (Å²) in [6.45, 7) is 1.41. The number of hydroxylamine groups is 2. The fraction of sp³-hybridized carbons (Fsp3) is 0.350. The van der Waals surface area contributed by atoms with Crippen LogP contribution in [0.3, 0.4) is 0 Å². The van der Waals surface area contributed by atoms with E-state index < -0.39 is 4.87 Å². The quantitative estimate of drug-likeness (QED) is 0.438. The molecule has 0 bridgehead atoms. The standard InChI is InChI=1S/C20H23NO3S/c1-16(22)21(23)20(14-6-3-7-15-20)25-19-12-10-18(11-13-19)24-17-8-4-2-5-9-17/h2,4-5,8-13,23H,3,6-7,14-15H2,1H3. The minimum atomic E-state index is -0.564. The van der Waals surface area contributed by atoms with Crippen molar-refractivity contribution in [3.05, 3.63) is 54.6 Å². The molecule has 0 radical (unpaired) electrons. The van der Waals surface area contributed by atoms with E-state index in [1.807, 2.05) is 54.6 Å². The highest BCUT2D eigenvalue weighted by molar-refractivity contribution is 8.00. The van der Waals surface area contributed by atoms with Crippen LogP contribution in [0.2, 0.25) is 0 Å². The van der Waals surface area contributed by atoms with Crippen molar-refractivity contribution in [2.24, 2.45) is 0 Å². The Morgan fingerprint density at radius 2 is 1.60 bits per heavy atom. The number of hydrogen-bond acceptors (Lipinski definition) is 4. The zero-order chi connectivity index (χ0) is 17.7. The largest absolute Gasteiger partial charge is 0.457 e. The van der Waals surface area contributed by atoms with Crippen LogP contribution in [0.1, 0.15) is 39.0 Å². The summed E-state index contributed by atoms with van der Waals surface area (Å²) in [5, 5.41) is 11.3. The van der Waals surface area contributed by atoms with E-state index in [0.29, 0.717) is 0 Å². The van der Waals surface area contributed by atoms with Crippen LogP contribution >= 0.6 is 11.8 Å². The zero-order valence-electron chi connectivity index (χ0n) is 14.4. The SMILES string of the molecule is CC(=O)N(O)C1(Sc2ccc(Oc3ccccc3)cc2)CCCCC1. The summed E-state index contributed by atoms with van der Waals surface area (Å²) in [5.74, 6) is 1.25. The van der Waals surface area contributed by atoms with Crippen molar-refractivity contribution in [1.82, 2.24) is 5.06 Å². The number of ether oxygens (including phenoxy) is 1. The Labute approximate surface area is 152 Å². The number of thioether (sulfide) groups is 1. The molecule has 25 heavy (non-hydrogen) atoms. The molecule has 1 amide bonds. The first kappa shape index (κ1) is 17.8. The molecule has 0 saturated heterocycles. The van der Waals surface area contributed by atoms with Gasteiger partial charge in [-0.3, -0.25) is 10.0 Å². The molecule has 2 aromatic rings. The summed E-state index contributed by atoms with van der Waals surface area (Å²) in [6, 6.07) is 17.4.